The molecule has 8 heteroatoms. The number of rotatable bonds is 5. The van der Waals surface area contributed by atoms with E-state index in [0.29, 0.717) is 43.4 Å². The maximum absolute atomic E-state index is 12.6. The lowest BCUT2D eigenvalue weighted by atomic mass is 10.1. The highest BCUT2D eigenvalue weighted by Gasteiger charge is 2.23. The number of nitrogens with one attached hydrogen (secondary N) is 2. The molecule has 1 aliphatic rings. The maximum atomic E-state index is 12.6. The zero-order valence-electron chi connectivity index (χ0n) is 12.1. The number of sulfonamides is 1. The summed E-state index contributed by atoms with van der Waals surface area (Å²) >= 11 is 6.05. The standard InChI is InChI=1S/C13H20ClN3O3S/c1-10-11(9-15-2)7-12(14)8-13(10)21(18,19)16-17-3-5-20-6-4-17/h7-8,15-16H,3-6,9H2,1-2H3. The Hall–Kier alpha value is -0.700. The molecule has 1 saturated heterocycles. The summed E-state index contributed by atoms with van der Waals surface area (Å²) in [5, 5.41) is 5.07. The van der Waals surface area contributed by atoms with Gasteiger partial charge in [0, 0.05) is 24.7 Å². The molecule has 1 heterocycles. The van der Waals surface area contributed by atoms with Crippen LogP contribution in [0.25, 0.3) is 0 Å². The Kier molecular flexibility index (Phi) is 5.59. The second-order valence-electron chi connectivity index (χ2n) is 4.91. The van der Waals surface area contributed by atoms with Crippen LogP contribution in [0, 0.1) is 6.92 Å². The summed E-state index contributed by atoms with van der Waals surface area (Å²) < 4.78 is 30.3. The number of halogens is 1. The monoisotopic (exact) mass is 333 g/mol. The second-order valence-corrected chi connectivity index (χ2v) is 6.98. The summed E-state index contributed by atoms with van der Waals surface area (Å²) in [5.74, 6) is 0. The zero-order valence-corrected chi connectivity index (χ0v) is 13.7. The minimum atomic E-state index is -3.65. The van der Waals surface area contributed by atoms with Crippen molar-refractivity contribution in [1.29, 1.82) is 0 Å². The predicted molar refractivity (Wildman–Crippen MR) is 81.7 cm³/mol. The van der Waals surface area contributed by atoms with Gasteiger partial charge in [-0.05, 0) is 37.2 Å². The van der Waals surface area contributed by atoms with E-state index in [-0.39, 0.29) is 4.90 Å². The van der Waals surface area contributed by atoms with Crippen LogP contribution in [0.4, 0.5) is 0 Å². The van der Waals surface area contributed by atoms with Crippen molar-refractivity contribution in [2.24, 2.45) is 0 Å². The molecule has 0 spiro atoms. The quantitative estimate of drug-likeness (QED) is 0.837. The third-order valence-electron chi connectivity index (χ3n) is 3.35. The van der Waals surface area contributed by atoms with Gasteiger partial charge in [-0.3, -0.25) is 0 Å². The molecule has 0 unspecified atom stereocenters. The molecule has 1 aromatic carbocycles. The molecule has 2 rings (SSSR count). The van der Waals surface area contributed by atoms with Crippen molar-refractivity contribution in [1.82, 2.24) is 15.2 Å². The van der Waals surface area contributed by atoms with Crippen molar-refractivity contribution in [3.05, 3.63) is 28.3 Å². The highest BCUT2D eigenvalue weighted by Crippen LogP contribution is 2.24. The van der Waals surface area contributed by atoms with Gasteiger partial charge in [-0.2, -0.15) is 0 Å². The van der Waals surface area contributed by atoms with E-state index in [1.54, 1.807) is 25.0 Å². The van der Waals surface area contributed by atoms with Gasteiger partial charge < -0.3 is 10.1 Å². The summed E-state index contributed by atoms with van der Waals surface area (Å²) in [4.78, 5) is 2.81. The van der Waals surface area contributed by atoms with E-state index >= 15 is 0 Å². The van der Waals surface area contributed by atoms with Crippen LogP contribution >= 0.6 is 11.6 Å². The van der Waals surface area contributed by atoms with Gasteiger partial charge in [0.15, 0.2) is 0 Å². The van der Waals surface area contributed by atoms with Crippen molar-refractivity contribution in [2.45, 2.75) is 18.4 Å². The van der Waals surface area contributed by atoms with E-state index in [0.717, 1.165) is 5.56 Å². The summed E-state index contributed by atoms with van der Waals surface area (Å²) in [6, 6.07) is 3.26. The Morgan fingerprint density at radius 1 is 1.33 bits per heavy atom. The molecule has 0 saturated carbocycles. The second kappa shape index (κ2) is 7.04. The number of benzene rings is 1. The summed E-state index contributed by atoms with van der Waals surface area (Å²) in [6.45, 7) is 4.44. The molecule has 21 heavy (non-hydrogen) atoms. The first-order valence-electron chi connectivity index (χ1n) is 6.73. The topological polar surface area (TPSA) is 70.7 Å². The van der Waals surface area contributed by atoms with Crippen molar-refractivity contribution in [3.8, 4) is 0 Å². The van der Waals surface area contributed by atoms with E-state index in [1.807, 2.05) is 0 Å². The number of ether oxygens (including phenoxy) is 1. The number of hydrogen-bond acceptors (Lipinski definition) is 5. The molecule has 118 valence electrons. The predicted octanol–water partition coefficient (Wildman–Crippen LogP) is 0.893. The number of hydrazine groups is 1. The molecule has 0 amide bonds. The van der Waals surface area contributed by atoms with E-state index < -0.39 is 10.0 Å². The Balaban J connectivity index is 2.30. The smallest absolute Gasteiger partial charge is 0.253 e. The van der Waals surface area contributed by atoms with Crippen LogP contribution in [0.5, 0.6) is 0 Å². The van der Waals surface area contributed by atoms with Crippen molar-refractivity contribution < 1.29 is 13.2 Å². The Morgan fingerprint density at radius 3 is 2.62 bits per heavy atom. The fourth-order valence-corrected chi connectivity index (χ4v) is 3.98. The van der Waals surface area contributed by atoms with Crippen molar-refractivity contribution in [2.75, 3.05) is 33.4 Å². The molecule has 6 nitrogen and oxygen atoms in total. The molecule has 1 aromatic rings. The zero-order chi connectivity index (χ0) is 15.5. The highest BCUT2D eigenvalue weighted by atomic mass is 35.5. The van der Waals surface area contributed by atoms with Crippen molar-refractivity contribution >= 4 is 21.6 Å². The van der Waals surface area contributed by atoms with E-state index in [9.17, 15) is 8.42 Å². The third kappa shape index (κ3) is 4.15. The lowest BCUT2D eigenvalue weighted by molar-refractivity contribution is 0.0272. The minimum absolute atomic E-state index is 0.215. The molecule has 1 aliphatic heterocycles. The molecular weight excluding hydrogens is 314 g/mol. The first-order valence-corrected chi connectivity index (χ1v) is 8.59. The minimum Gasteiger partial charge on any atom is -0.379 e. The Labute approximate surface area is 130 Å². The number of morpholine rings is 1. The molecule has 0 aromatic heterocycles. The summed E-state index contributed by atoms with van der Waals surface area (Å²) in [5.41, 5.74) is 1.57. The molecular formula is C13H20ClN3O3S. The molecule has 0 radical (unpaired) electrons. The molecule has 0 aliphatic carbocycles. The Morgan fingerprint density at radius 2 is 2.00 bits per heavy atom. The number of nitrogens with zero attached hydrogens (tertiary/aromatic N) is 1. The normalized spacial score (nSPS) is 17.1. The summed E-state index contributed by atoms with van der Waals surface area (Å²) in [6.07, 6.45) is 0. The fourth-order valence-electron chi connectivity index (χ4n) is 2.24. The highest BCUT2D eigenvalue weighted by molar-refractivity contribution is 7.89. The van der Waals surface area contributed by atoms with Gasteiger partial charge in [-0.1, -0.05) is 11.6 Å². The van der Waals surface area contributed by atoms with Gasteiger partial charge in [0.2, 0.25) is 0 Å². The first kappa shape index (κ1) is 16.7. The van der Waals surface area contributed by atoms with Crippen LogP contribution < -0.4 is 10.1 Å². The van der Waals surface area contributed by atoms with E-state index in [1.165, 1.54) is 6.07 Å². The van der Waals surface area contributed by atoms with Crippen LogP contribution in [0.2, 0.25) is 5.02 Å². The van der Waals surface area contributed by atoms with Gasteiger partial charge >= 0.3 is 0 Å². The summed E-state index contributed by atoms with van der Waals surface area (Å²) in [7, 11) is -1.84. The van der Waals surface area contributed by atoms with Crippen LogP contribution in [-0.2, 0) is 21.3 Å². The van der Waals surface area contributed by atoms with Gasteiger partial charge in [-0.25, -0.2) is 13.4 Å². The van der Waals surface area contributed by atoms with Gasteiger partial charge in [0.25, 0.3) is 10.0 Å². The molecule has 0 atom stereocenters. The third-order valence-corrected chi connectivity index (χ3v) is 5.07. The Bertz CT molecular complexity index is 601. The van der Waals surface area contributed by atoms with Crippen LogP contribution in [0.1, 0.15) is 11.1 Å². The molecule has 2 N–H and O–H groups in total. The largest absolute Gasteiger partial charge is 0.379 e. The fraction of sp³-hybridized carbons (Fsp3) is 0.538. The molecule has 0 bridgehead atoms. The SMILES string of the molecule is CNCc1cc(Cl)cc(S(=O)(=O)NN2CCOCC2)c1C. The average molecular weight is 334 g/mol. The average Bonchev–Trinajstić information content (AvgIpc) is 2.43. The molecule has 1 fully saturated rings. The first-order chi connectivity index (χ1) is 9.94. The van der Waals surface area contributed by atoms with Gasteiger partial charge in [0.1, 0.15) is 0 Å². The number of hydrogen-bond donors (Lipinski definition) is 2. The lowest BCUT2D eigenvalue weighted by Crippen LogP contribution is -2.48. The van der Waals surface area contributed by atoms with Crippen LogP contribution in [0.15, 0.2) is 17.0 Å². The van der Waals surface area contributed by atoms with Crippen LogP contribution in [-0.4, -0.2) is 46.8 Å². The maximum Gasteiger partial charge on any atom is 0.253 e. The van der Waals surface area contributed by atoms with Crippen molar-refractivity contribution in [3.63, 3.8) is 0 Å². The van der Waals surface area contributed by atoms with Crippen LogP contribution in [0.3, 0.4) is 0 Å². The van der Waals surface area contributed by atoms with Gasteiger partial charge in [0.05, 0.1) is 18.1 Å². The van der Waals surface area contributed by atoms with Gasteiger partial charge in [-0.15, -0.1) is 4.83 Å². The van der Waals surface area contributed by atoms with E-state index in [2.05, 4.69) is 10.1 Å². The lowest BCUT2D eigenvalue weighted by Gasteiger charge is -2.27. The van der Waals surface area contributed by atoms with E-state index in [4.69, 9.17) is 16.3 Å².